The third kappa shape index (κ3) is 4.33. The van der Waals surface area contributed by atoms with Crippen LogP contribution in [0.3, 0.4) is 0 Å². The third-order valence-corrected chi connectivity index (χ3v) is 5.30. The van der Waals surface area contributed by atoms with Crippen LogP contribution in [0.4, 0.5) is 23.9 Å². The Morgan fingerprint density at radius 1 is 1.33 bits per heavy atom. The van der Waals surface area contributed by atoms with E-state index >= 15 is 0 Å². The Kier molecular flexibility index (Phi) is 5.70. The number of thiazole rings is 1. The first-order valence-electron chi connectivity index (χ1n) is 7.00. The monoisotopic (exact) mass is 425 g/mol. The van der Waals surface area contributed by atoms with Crippen LogP contribution in [0.2, 0.25) is 0 Å². The van der Waals surface area contributed by atoms with Crippen molar-refractivity contribution < 1.29 is 36.0 Å². The number of amides is 1. The summed E-state index contributed by atoms with van der Waals surface area (Å²) in [5.74, 6) is -1.24. The van der Waals surface area contributed by atoms with Gasteiger partial charge in [0.05, 0.1) is 10.6 Å². The molecule has 0 N–H and O–H groups in total. The van der Waals surface area contributed by atoms with Crippen molar-refractivity contribution in [1.29, 1.82) is 0 Å². The van der Waals surface area contributed by atoms with Crippen LogP contribution in [0, 0.1) is 10.1 Å². The second kappa shape index (κ2) is 7.48. The van der Waals surface area contributed by atoms with Crippen LogP contribution < -0.4 is 9.04 Å². The molecular formula is C13H10F3N3O6S2. The third-order valence-electron chi connectivity index (χ3n) is 2.99. The number of aromatic nitrogens is 1. The molecule has 0 bridgehead atoms. The van der Waals surface area contributed by atoms with E-state index in [9.17, 15) is 36.5 Å². The Morgan fingerprint density at radius 2 is 1.93 bits per heavy atom. The van der Waals surface area contributed by atoms with Crippen LogP contribution in [-0.4, -0.2) is 29.7 Å². The van der Waals surface area contributed by atoms with Gasteiger partial charge in [-0.15, -0.1) is 0 Å². The lowest BCUT2D eigenvalue weighted by atomic mass is 10.3. The lowest BCUT2D eigenvalue weighted by molar-refractivity contribution is -0.380. The Balaban J connectivity index is 2.32. The zero-order valence-corrected chi connectivity index (χ0v) is 15.0. The number of halogens is 3. The van der Waals surface area contributed by atoms with E-state index in [1.807, 2.05) is 0 Å². The highest BCUT2D eigenvalue weighted by Crippen LogP contribution is 2.34. The molecule has 0 spiro atoms. The molecule has 0 saturated carbocycles. The summed E-state index contributed by atoms with van der Waals surface area (Å²) in [6.07, 6.45) is 0.488. The molecule has 1 aromatic carbocycles. The van der Waals surface area contributed by atoms with E-state index < -0.39 is 38.5 Å². The number of sulfonamides is 1. The number of nitro groups is 1. The second-order valence-electron chi connectivity index (χ2n) is 4.78. The predicted molar refractivity (Wildman–Crippen MR) is 88.0 cm³/mol. The van der Waals surface area contributed by atoms with Crippen LogP contribution in [0.25, 0.3) is 0 Å². The van der Waals surface area contributed by atoms with Crippen LogP contribution in [0.15, 0.2) is 30.5 Å². The minimum atomic E-state index is -5.92. The first-order valence-corrected chi connectivity index (χ1v) is 9.25. The zero-order valence-electron chi connectivity index (χ0n) is 13.3. The molecule has 1 amide bonds. The molecule has 0 radical (unpaired) electrons. The average molecular weight is 425 g/mol. The minimum Gasteiger partial charge on any atom is -0.431 e. The quantitative estimate of drug-likeness (QED) is 0.514. The van der Waals surface area contributed by atoms with Gasteiger partial charge in [0, 0.05) is 6.42 Å². The first kappa shape index (κ1) is 20.6. The molecule has 14 heteroatoms. The van der Waals surface area contributed by atoms with Gasteiger partial charge < -0.3 is 4.74 Å². The lowest BCUT2D eigenvalue weighted by Crippen LogP contribution is -2.44. The highest BCUT2D eigenvalue weighted by molar-refractivity contribution is 7.94. The minimum absolute atomic E-state index is 0.0244. The number of carbonyl (C=O) groups excluding carboxylic acids is 1. The summed E-state index contributed by atoms with van der Waals surface area (Å²) in [6, 6.07) is 4.08. The van der Waals surface area contributed by atoms with Crippen molar-refractivity contribution in [1.82, 2.24) is 4.98 Å². The maximum Gasteiger partial charge on any atom is 0.517 e. The Hall–Kier alpha value is -2.74. The normalized spacial score (nSPS) is 11.9. The van der Waals surface area contributed by atoms with E-state index in [-0.39, 0.29) is 20.2 Å². The molecular weight excluding hydrogens is 415 g/mol. The molecule has 0 aliphatic rings. The van der Waals surface area contributed by atoms with Gasteiger partial charge in [0.15, 0.2) is 0 Å². The molecule has 2 aromatic rings. The molecule has 27 heavy (non-hydrogen) atoms. The van der Waals surface area contributed by atoms with Crippen LogP contribution in [0.1, 0.15) is 13.3 Å². The van der Waals surface area contributed by atoms with Crippen molar-refractivity contribution in [2.75, 3.05) is 4.31 Å². The van der Waals surface area contributed by atoms with E-state index in [1.54, 1.807) is 0 Å². The molecule has 2 rings (SSSR count). The molecule has 0 aliphatic heterocycles. The number of ether oxygens (including phenoxy) is 1. The standard InChI is InChI=1S/C13H10F3N3O6S2/c1-2-10(20)18(27(23,24)13(14,15)16)8-3-5-9(6-4-8)25-12-17-7-11(26-12)19(21)22/h3-7H,2H2,1H3. The SMILES string of the molecule is CCC(=O)N(c1ccc(Oc2ncc([N+](=O)[O-])s2)cc1)S(=O)(=O)C(F)(F)F. The summed E-state index contributed by atoms with van der Waals surface area (Å²) in [5.41, 5.74) is -6.19. The van der Waals surface area contributed by atoms with Crippen molar-refractivity contribution in [3.8, 4) is 10.9 Å². The summed E-state index contributed by atoms with van der Waals surface area (Å²) >= 11 is 0.621. The maximum atomic E-state index is 12.8. The van der Waals surface area contributed by atoms with Gasteiger partial charge in [-0.05, 0) is 35.6 Å². The van der Waals surface area contributed by atoms with Gasteiger partial charge in [0.2, 0.25) is 5.91 Å². The van der Waals surface area contributed by atoms with Gasteiger partial charge in [0.1, 0.15) is 11.9 Å². The number of benzene rings is 1. The highest BCUT2D eigenvalue weighted by atomic mass is 32.2. The molecule has 0 fully saturated rings. The lowest BCUT2D eigenvalue weighted by Gasteiger charge is -2.23. The van der Waals surface area contributed by atoms with E-state index in [2.05, 4.69) is 4.98 Å². The van der Waals surface area contributed by atoms with E-state index in [0.29, 0.717) is 11.3 Å². The van der Waals surface area contributed by atoms with Crippen molar-refractivity contribution in [3.05, 3.63) is 40.6 Å². The fraction of sp³-hybridized carbons (Fsp3) is 0.231. The molecule has 1 aromatic heterocycles. The molecule has 0 aliphatic carbocycles. The van der Waals surface area contributed by atoms with Crippen molar-refractivity contribution in [3.63, 3.8) is 0 Å². The zero-order chi connectivity index (χ0) is 20.4. The van der Waals surface area contributed by atoms with Crippen molar-refractivity contribution >= 4 is 38.0 Å². The number of carbonyl (C=O) groups is 1. The number of rotatable bonds is 6. The smallest absolute Gasteiger partial charge is 0.431 e. The van der Waals surface area contributed by atoms with Crippen LogP contribution in [0.5, 0.6) is 10.9 Å². The van der Waals surface area contributed by atoms with Crippen LogP contribution in [-0.2, 0) is 14.8 Å². The topological polar surface area (TPSA) is 120 Å². The number of nitrogens with zero attached hydrogens (tertiary/aromatic N) is 3. The van der Waals surface area contributed by atoms with E-state index in [0.717, 1.165) is 30.5 Å². The van der Waals surface area contributed by atoms with Gasteiger partial charge in [-0.3, -0.25) is 14.9 Å². The summed E-state index contributed by atoms with van der Waals surface area (Å²) < 4.78 is 66.7. The second-order valence-corrected chi connectivity index (χ2v) is 7.53. The molecule has 0 unspecified atom stereocenters. The number of alkyl halides is 3. The molecule has 0 atom stereocenters. The Morgan fingerprint density at radius 3 is 2.37 bits per heavy atom. The fourth-order valence-electron chi connectivity index (χ4n) is 1.80. The Labute approximate surface area is 154 Å². The van der Waals surface area contributed by atoms with Crippen molar-refractivity contribution in [2.45, 2.75) is 18.9 Å². The van der Waals surface area contributed by atoms with Gasteiger partial charge in [-0.1, -0.05) is 6.92 Å². The summed E-state index contributed by atoms with van der Waals surface area (Å²) in [7, 11) is -5.92. The largest absolute Gasteiger partial charge is 0.517 e. The molecule has 9 nitrogen and oxygen atoms in total. The molecule has 146 valence electrons. The Bertz CT molecular complexity index is 956. The average Bonchev–Trinajstić information content (AvgIpc) is 3.04. The number of anilines is 1. The summed E-state index contributed by atoms with van der Waals surface area (Å²) in [6.45, 7) is 1.22. The predicted octanol–water partition coefficient (Wildman–Crippen LogP) is 3.44. The van der Waals surface area contributed by atoms with Crippen LogP contribution >= 0.6 is 11.3 Å². The van der Waals surface area contributed by atoms with E-state index in [1.165, 1.54) is 6.92 Å². The van der Waals surface area contributed by atoms with Gasteiger partial charge >= 0.3 is 20.5 Å². The van der Waals surface area contributed by atoms with Gasteiger partial charge in [-0.25, -0.2) is 4.98 Å². The number of hydrogen-bond acceptors (Lipinski definition) is 8. The van der Waals surface area contributed by atoms with Gasteiger partial charge in [0.25, 0.3) is 5.19 Å². The van der Waals surface area contributed by atoms with E-state index in [4.69, 9.17) is 4.74 Å². The van der Waals surface area contributed by atoms with Crippen molar-refractivity contribution in [2.24, 2.45) is 0 Å². The molecule has 1 heterocycles. The van der Waals surface area contributed by atoms with Gasteiger partial charge in [-0.2, -0.15) is 25.9 Å². The number of hydrogen-bond donors (Lipinski definition) is 0. The first-order chi connectivity index (χ1) is 12.5. The summed E-state index contributed by atoms with van der Waals surface area (Å²) in [4.78, 5) is 25.4. The highest BCUT2D eigenvalue weighted by Gasteiger charge is 2.52. The summed E-state index contributed by atoms with van der Waals surface area (Å²) in [5, 5.41) is 10.2. The maximum absolute atomic E-state index is 12.8. The fourth-order valence-corrected chi connectivity index (χ4v) is 3.40. The molecule has 0 saturated heterocycles.